The van der Waals surface area contributed by atoms with Gasteiger partial charge in [-0.1, -0.05) is 29.3 Å². The first-order valence-corrected chi connectivity index (χ1v) is 8.70. The van der Waals surface area contributed by atoms with Gasteiger partial charge in [0.1, 0.15) is 0 Å². The largest absolute Gasteiger partial charge is 0.379 e. The average Bonchev–Trinajstić information content (AvgIpc) is 2.35. The third-order valence-electron chi connectivity index (χ3n) is 2.92. The lowest BCUT2D eigenvalue weighted by Gasteiger charge is -2.08. The van der Waals surface area contributed by atoms with Crippen LogP contribution in [-0.4, -0.2) is 31.6 Å². The molecule has 0 saturated heterocycles. The van der Waals surface area contributed by atoms with Crippen LogP contribution in [-0.2, 0) is 10.5 Å². The molecule has 0 aliphatic carbocycles. The van der Waals surface area contributed by atoms with Gasteiger partial charge in [-0.3, -0.25) is 0 Å². The zero-order valence-corrected chi connectivity index (χ0v) is 14.2. The molecule has 3 heteroatoms. The topological polar surface area (TPSA) is 21.3 Å². The summed E-state index contributed by atoms with van der Waals surface area (Å²) in [5.41, 5.74) is 4.17. The second kappa shape index (κ2) is 10.3. The maximum atomic E-state index is 5.50. The van der Waals surface area contributed by atoms with E-state index < -0.39 is 0 Å². The third-order valence-corrected chi connectivity index (χ3v) is 3.95. The lowest BCUT2D eigenvalue weighted by Crippen LogP contribution is -2.20. The summed E-state index contributed by atoms with van der Waals surface area (Å²) < 4.78 is 5.50. The van der Waals surface area contributed by atoms with E-state index >= 15 is 0 Å². The van der Waals surface area contributed by atoms with Crippen LogP contribution >= 0.6 is 11.8 Å². The van der Waals surface area contributed by atoms with Gasteiger partial charge in [-0.05, 0) is 46.2 Å². The fourth-order valence-corrected chi connectivity index (χ4v) is 2.96. The molecule has 0 aliphatic rings. The Morgan fingerprint density at radius 1 is 1.10 bits per heavy atom. The van der Waals surface area contributed by atoms with Gasteiger partial charge in [0.25, 0.3) is 0 Å². The Hall–Kier alpha value is -0.510. The number of hydrogen-bond acceptors (Lipinski definition) is 3. The van der Waals surface area contributed by atoms with E-state index in [-0.39, 0.29) is 0 Å². The molecule has 2 nitrogen and oxygen atoms in total. The lowest BCUT2D eigenvalue weighted by molar-refractivity contribution is 0.0772. The summed E-state index contributed by atoms with van der Waals surface area (Å²) in [6.07, 6.45) is 1.45. The first-order valence-electron chi connectivity index (χ1n) is 7.55. The number of aryl methyl sites for hydroxylation is 2. The Balaban J connectivity index is 1.99. The van der Waals surface area contributed by atoms with Gasteiger partial charge >= 0.3 is 0 Å². The molecule has 1 aromatic rings. The smallest absolute Gasteiger partial charge is 0.0518 e. The Morgan fingerprint density at radius 2 is 1.80 bits per heavy atom. The normalized spacial score (nSPS) is 11.2. The molecule has 0 aromatic heterocycles. The molecule has 1 N–H and O–H groups in total. The zero-order valence-electron chi connectivity index (χ0n) is 13.4. The van der Waals surface area contributed by atoms with Gasteiger partial charge in [0.15, 0.2) is 0 Å². The highest BCUT2D eigenvalue weighted by atomic mass is 32.2. The molecule has 0 atom stereocenters. The monoisotopic (exact) mass is 295 g/mol. The molecule has 0 heterocycles. The molecular weight excluding hydrogens is 266 g/mol. The summed E-state index contributed by atoms with van der Waals surface area (Å²) >= 11 is 2.00. The molecule has 0 saturated carbocycles. The molecule has 1 rings (SSSR count). The van der Waals surface area contributed by atoms with Gasteiger partial charge in [0.2, 0.25) is 0 Å². The number of benzene rings is 1. The van der Waals surface area contributed by atoms with E-state index in [1.54, 1.807) is 0 Å². The van der Waals surface area contributed by atoms with E-state index in [1.165, 1.54) is 16.7 Å². The summed E-state index contributed by atoms with van der Waals surface area (Å²) in [5, 5.41) is 3.47. The molecule has 0 amide bonds. The zero-order chi connectivity index (χ0) is 14.8. The summed E-state index contributed by atoms with van der Waals surface area (Å²) in [5.74, 6) is 2.28. The van der Waals surface area contributed by atoms with Crippen LogP contribution in [0.5, 0.6) is 0 Å². The molecule has 0 unspecified atom stereocenters. The van der Waals surface area contributed by atoms with Crippen molar-refractivity contribution in [3.8, 4) is 0 Å². The Kier molecular flexibility index (Phi) is 8.99. The van der Waals surface area contributed by atoms with E-state index in [1.807, 2.05) is 11.8 Å². The third kappa shape index (κ3) is 8.62. The van der Waals surface area contributed by atoms with E-state index in [0.717, 1.165) is 37.6 Å². The minimum absolute atomic E-state index is 0.350. The van der Waals surface area contributed by atoms with E-state index in [2.05, 4.69) is 51.2 Å². The van der Waals surface area contributed by atoms with Crippen LogP contribution in [0.25, 0.3) is 0 Å². The lowest BCUT2D eigenvalue weighted by atomic mass is 10.1. The van der Waals surface area contributed by atoms with E-state index in [9.17, 15) is 0 Å². The van der Waals surface area contributed by atoms with Crippen LogP contribution in [0.3, 0.4) is 0 Å². The van der Waals surface area contributed by atoms with Gasteiger partial charge in [-0.15, -0.1) is 0 Å². The molecule has 0 aliphatic heterocycles. The van der Waals surface area contributed by atoms with Crippen molar-refractivity contribution < 1.29 is 4.74 Å². The Labute approximate surface area is 128 Å². The highest BCUT2D eigenvalue weighted by Gasteiger charge is 1.97. The molecule has 0 fully saturated rings. The molecule has 0 radical (unpaired) electrons. The number of hydrogen-bond donors (Lipinski definition) is 1. The van der Waals surface area contributed by atoms with E-state index in [4.69, 9.17) is 4.74 Å². The van der Waals surface area contributed by atoms with Crippen molar-refractivity contribution in [3.05, 3.63) is 34.9 Å². The minimum atomic E-state index is 0.350. The summed E-state index contributed by atoms with van der Waals surface area (Å²) in [4.78, 5) is 0. The van der Waals surface area contributed by atoms with Crippen molar-refractivity contribution >= 4 is 11.8 Å². The first kappa shape index (κ1) is 17.5. The van der Waals surface area contributed by atoms with Crippen molar-refractivity contribution in [1.82, 2.24) is 5.32 Å². The van der Waals surface area contributed by atoms with Crippen molar-refractivity contribution in [2.45, 2.75) is 46.0 Å². The van der Waals surface area contributed by atoms with Crippen molar-refractivity contribution in [2.75, 3.05) is 25.4 Å². The van der Waals surface area contributed by atoms with E-state index in [0.29, 0.717) is 6.10 Å². The highest BCUT2D eigenvalue weighted by Crippen LogP contribution is 2.15. The van der Waals surface area contributed by atoms with Crippen molar-refractivity contribution in [2.24, 2.45) is 0 Å². The predicted octanol–water partition coefficient (Wildman–Crippen LogP) is 3.94. The fourth-order valence-electron chi connectivity index (χ4n) is 2.13. The van der Waals surface area contributed by atoms with Crippen LogP contribution < -0.4 is 5.32 Å². The number of nitrogens with one attached hydrogen (secondary N) is 1. The van der Waals surface area contributed by atoms with Crippen LogP contribution in [0, 0.1) is 13.8 Å². The van der Waals surface area contributed by atoms with Crippen molar-refractivity contribution in [1.29, 1.82) is 0 Å². The molecule has 0 bridgehead atoms. The van der Waals surface area contributed by atoms with Gasteiger partial charge in [-0.25, -0.2) is 0 Å². The Morgan fingerprint density at radius 3 is 2.45 bits per heavy atom. The Bertz CT molecular complexity index is 359. The quantitative estimate of drug-likeness (QED) is 0.661. The summed E-state index contributed by atoms with van der Waals surface area (Å²) in [6, 6.07) is 6.81. The minimum Gasteiger partial charge on any atom is -0.379 e. The number of rotatable bonds is 10. The highest BCUT2D eigenvalue weighted by molar-refractivity contribution is 7.98. The van der Waals surface area contributed by atoms with Crippen LogP contribution in [0.15, 0.2) is 18.2 Å². The molecule has 20 heavy (non-hydrogen) atoms. The summed E-state index contributed by atoms with van der Waals surface area (Å²) in [7, 11) is 0. The average molecular weight is 295 g/mol. The molecule has 0 spiro atoms. The van der Waals surface area contributed by atoms with Gasteiger partial charge < -0.3 is 10.1 Å². The SMILES string of the molecule is Cc1cc(C)cc(CSCCNCCCOC(C)C)c1. The number of ether oxygens (including phenoxy) is 1. The standard InChI is InChI=1S/C17H29NOS/c1-14(2)19-8-5-6-18-7-9-20-13-17-11-15(3)10-16(4)12-17/h10-12,14,18H,5-9,13H2,1-4H3. The second-order valence-corrected chi connectivity index (χ2v) is 6.68. The van der Waals surface area contributed by atoms with Crippen LogP contribution in [0.1, 0.15) is 37.0 Å². The molecule has 114 valence electrons. The predicted molar refractivity (Wildman–Crippen MR) is 90.7 cm³/mol. The molecular formula is C17H29NOS. The maximum absolute atomic E-state index is 5.50. The molecule has 1 aromatic carbocycles. The first-order chi connectivity index (χ1) is 9.58. The van der Waals surface area contributed by atoms with Crippen LogP contribution in [0.2, 0.25) is 0 Å². The fraction of sp³-hybridized carbons (Fsp3) is 0.647. The van der Waals surface area contributed by atoms with Crippen molar-refractivity contribution in [3.63, 3.8) is 0 Å². The number of thioether (sulfide) groups is 1. The van der Waals surface area contributed by atoms with Gasteiger partial charge in [0, 0.05) is 24.7 Å². The summed E-state index contributed by atoms with van der Waals surface area (Å²) in [6.45, 7) is 11.5. The second-order valence-electron chi connectivity index (χ2n) is 5.57. The maximum Gasteiger partial charge on any atom is 0.0518 e. The van der Waals surface area contributed by atoms with Crippen LogP contribution in [0.4, 0.5) is 0 Å². The van der Waals surface area contributed by atoms with Gasteiger partial charge in [0.05, 0.1) is 6.10 Å². The van der Waals surface area contributed by atoms with Gasteiger partial charge in [-0.2, -0.15) is 11.8 Å².